The van der Waals surface area contributed by atoms with Gasteiger partial charge in [-0.25, -0.2) is 0 Å². The molecule has 0 amide bonds. The van der Waals surface area contributed by atoms with Crippen molar-refractivity contribution in [2.24, 2.45) is 0 Å². The van der Waals surface area contributed by atoms with Crippen molar-refractivity contribution in [3.05, 3.63) is 35.4 Å². The molecule has 1 aliphatic carbocycles. The van der Waals surface area contributed by atoms with Crippen LogP contribution in [0.5, 0.6) is 0 Å². The molecule has 16 heavy (non-hydrogen) atoms. The summed E-state index contributed by atoms with van der Waals surface area (Å²) in [5.74, 6) is 0.772. The molecule has 2 nitrogen and oxygen atoms in total. The maximum atomic E-state index is 3.42. The molecule has 1 aromatic carbocycles. The van der Waals surface area contributed by atoms with Crippen LogP contribution in [0.1, 0.15) is 23.5 Å². The van der Waals surface area contributed by atoms with E-state index in [1.165, 1.54) is 12.8 Å². The number of nitrogens with zero attached hydrogens (tertiary/aromatic N) is 1. The largest absolute Gasteiger partial charge is 0.316 e. The summed E-state index contributed by atoms with van der Waals surface area (Å²) in [6, 6.07) is 9.45. The molecule has 0 heterocycles. The summed E-state index contributed by atoms with van der Waals surface area (Å²) in [7, 11) is 6.34. The topological polar surface area (TPSA) is 15.3 Å². The quantitative estimate of drug-likeness (QED) is 0.811. The molecule has 2 heteroatoms. The van der Waals surface area contributed by atoms with Crippen LogP contribution in [0, 0.1) is 0 Å². The third kappa shape index (κ3) is 2.45. The molecule has 0 fully saturated rings. The molecule has 2 unspecified atom stereocenters. The van der Waals surface area contributed by atoms with Crippen molar-refractivity contribution in [3.8, 4) is 0 Å². The summed E-state index contributed by atoms with van der Waals surface area (Å²) < 4.78 is 0. The fourth-order valence-electron chi connectivity index (χ4n) is 2.64. The maximum absolute atomic E-state index is 3.42. The van der Waals surface area contributed by atoms with Gasteiger partial charge in [-0.2, -0.15) is 0 Å². The number of fused-ring (bicyclic) bond motifs is 1. The van der Waals surface area contributed by atoms with Crippen LogP contribution in [0.15, 0.2) is 24.3 Å². The Balaban J connectivity index is 1.92. The van der Waals surface area contributed by atoms with Crippen molar-refractivity contribution in [2.45, 2.75) is 24.8 Å². The summed E-state index contributed by atoms with van der Waals surface area (Å²) in [6.45, 7) is 1.12. The monoisotopic (exact) mass is 218 g/mol. The Morgan fingerprint density at radius 3 is 2.75 bits per heavy atom. The lowest BCUT2D eigenvalue weighted by molar-refractivity contribution is 0.318. The average molecular weight is 218 g/mol. The first kappa shape index (κ1) is 11.6. The molecule has 0 spiro atoms. The molecule has 2 rings (SSSR count). The normalized spacial score (nSPS) is 20.4. The second-order valence-electron chi connectivity index (χ2n) is 5.08. The minimum absolute atomic E-state index is 0.605. The van der Waals surface area contributed by atoms with Gasteiger partial charge in [-0.15, -0.1) is 0 Å². The van der Waals surface area contributed by atoms with E-state index >= 15 is 0 Å². The highest BCUT2D eigenvalue weighted by Gasteiger charge is 2.27. The van der Waals surface area contributed by atoms with E-state index in [9.17, 15) is 0 Å². The van der Waals surface area contributed by atoms with E-state index in [4.69, 9.17) is 0 Å². The molecule has 2 atom stereocenters. The van der Waals surface area contributed by atoms with Gasteiger partial charge in [0, 0.05) is 12.6 Å². The van der Waals surface area contributed by atoms with Crippen molar-refractivity contribution in [2.75, 3.05) is 27.7 Å². The SMILES string of the molecule is CNC(CC1Cc2ccccc21)CN(C)C. The number of benzene rings is 1. The van der Waals surface area contributed by atoms with Gasteiger partial charge < -0.3 is 10.2 Å². The van der Waals surface area contributed by atoms with Crippen molar-refractivity contribution in [1.29, 1.82) is 0 Å². The summed E-state index contributed by atoms with van der Waals surface area (Å²) in [5.41, 5.74) is 3.12. The van der Waals surface area contributed by atoms with Crippen molar-refractivity contribution < 1.29 is 0 Å². The molecular weight excluding hydrogens is 196 g/mol. The summed E-state index contributed by atoms with van der Waals surface area (Å²) in [6.07, 6.45) is 2.52. The molecular formula is C14H22N2. The Labute approximate surface area is 98.7 Å². The van der Waals surface area contributed by atoms with Crippen LogP contribution < -0.4 is 5.32 Å². The lowest BCUT2D eigenvalue weighted by Crippen LogP contribution is -2.38. The molecule has 0 radical (unpaired) electrons. The van der Waals surface area contributed by atoms with Gasteiger partial charge >= 0.3 is 0 Å². The highest BCUT2D eigenvalue weighted by atomic mass is 15.1. The first-order chi connectivity index (χ1) is 7.70. The number of hydrogen-bond acceptors (Lipinski definition) is 2. The van der Waals surface area contributed by atoms with Gasteiger partial charge in [-0.05, 0) is 51.0 Å². The minimum Gasteiger partial charge on any atom is -0.316 e. The Morgan fingerprint density at radius 1 is 1.38 bits per heavy atom. The second kappa shape index (κ2) is 4.98. The number of likely N-dealkylation sites (N-methyl/N-ethyl adjacent to an activating group) is 2. The van der Waals surface area contributed by atoms with Crippen LogP contribution in [0.3, 0.4) is 0 Å². The second-order valence-corrected chi connectivity index (χ2v) is 5.08. The molecule has 0 aromatic heterocycles. The van der Waals surface area contributed by atoms with Gasteiger partial charge in [0.1, 0.15) is 0 Å². The summed E-state index contributed by atoms with van der Waals surface area (Å²) >= 11 is 0. The standard InChI is InChI=1S/C14H22N2/c1-15-13(10-16(2)3)9-12-8-11-6-4-5-7-14(11)12/h4-7,12-13,15H,8-10H2,1-3H3. The van der Waals surface area contributed by atoms with E-state index < -0.39 is 0 Å². The first-order valence-corrected chi connectivity index (χ1v) is 6.10. The van der Waals surface area contributed by atoms with Gasteiger partial charge in [0.2, 0.25) is 0 Å². The zero-order chi connectivity index (χ0) is 11.5. The van der Waals surface area contributed by atoms with Gasteiger partial charge in [0.15, 0.2) is 0 Å². The fourth-order valence-corrected chi connectivity index (χ4v) is 2.64. The van der Waals surface area contributed by atoms with Crippen LogP contribution in [0.25, 0.3) is 0 Å². The van der Waals surface area contributed by atoms with E-state index in [2.05, 4.69) is 55.6 Å². The van der Waals surface area contributed by atoms with Crippen molar-refractivity contribution >= 4 is 0 Å². The predicted molar refractivity (Wildman–Crippen MR) is 68.9 cm³/mol. The average Bonchev–Trinajstić information content (AvgIpc) is 2.23. The highest BCUT2D eigenvalue weighted by Crippen LogP contribution is 2.37. The number of hydrogen-bond donors (Lipinski definition) is 1. The van der Waals surface area contributed by atoms with E-state index in [0.717, 1.165) is 12.5 Å². The van der Waals surface area contributed by atoms with Gasteiger partial charge in [-0.3, -0.25) is 0 Å². The van der Waals surface area contributed by atoms with Gasteiger partial charge in [0.05, 0.1) is 0 Å². The van der Waals surface area contributed by atoms with Crippen LogP contribution >= 0.6 is 0 Å². The first-order valence-electron chi connectivity index (χ1n) is 6.10. The summed E-state index contributed by atoms with van der Waals surface area (Å²) in [4.78, 5) is 2.26. The Morgan fingerprint density at radius 2 is 2.12 bits per heavy atom. The maximum Gasteiger partial charge on any atom is 0.0197 e. The zero-order valence-electron chi connectivity index (χ0n) is 10.5. The van der Waals surface area contributed by atoms with E-state index in [1.807, 2.05) is 0 Å². The van der Waals surface area contributed by atoms with Gasteiger partial charge in [-0.1, -0.05) is 24.3 Å². The third-order valence-corrected chi connectivity index (χ3v) is 3.52. The molecule has 88 valence electrons. The fraction of sp³-hybridized carbons (Fsp3) is 0.571. The van der Waals surface area contributed by atoms with Crippen LogP contribution in [-0.4, -0.2) is 38.6 Å². The predicted octanol–water partition coefficient (Wildman–Crippen LogP) is 1.87. The molecule has 0 bridgehead atoms. The Hall–Kier alpha value is -0.860. The van der Waals surface area contributed by atoms with Crippen LogP contribution in [0.2, 0.25) is 0 Å². The van der Waals surface area contributed by atoms with Crippen molar-refractivity contribution in [1.82, 2.24) is 10.2 Å². The highest BCUT2D eigenvalue weighted by molar-refractivity contribution is 5.39. The molecule has 1 N–H and O–H groups in total. The lowest BCUT2D eigenvalue weighted by Gasteiger charge is -2.33. The van der Waals surface area contributed by atoms with Crippen molar-refractivity contribution in [3.63, 3.8) is 0 Å². The molecule has 0 aliphatic heterocycles. The number of nitrogens with one attached hydrogen (secondary N) is 1. The lowest BCUT2D eigenvalue weighted by atomic mass is 9.74. The van der Waals surface area contributed by atoms with E-state index in [-0.39, 0.29) is 0 Å². The Kier molecular flexibility index (Phi) is 3.62. The minimum atomic E-state index is 0.605. The smallest absolute Gasteiger partial charge is 0.0197 e. The van der Waals surface area contributed by atoms with Crippen LogP contribution in [0.4, 0.5) is 0 Å². The Bertz CT molecular complexity index is 346. The molecule has 1 aromatic rings. The van der Waals surface area contributed by atoms with E-state index in [0.29, 0.717) is 6.04 Å². The zero-order valence-corrected chi connectivity index (χ0v) is 10.5. The molecule has 0 saturated heterocycles. The number of rotatable bonds is 5. The summed E-state index contributed by atoms with van der Waals surface area (Å²) in [5, 5.41) is 3.42. The van der Waals surface area contributed by atoms with E-state index in [1.54, 1.807) is 11.1 Å². The van der Waals surface area contributed by atoms with Gasteiger partial charge in [0.25, 0.3) is 0 Å². The molecule has 0 saturated carbocycles. The molecule has 1 aliphatic rings. The van der Waals surface area contributed by atoms with Crippen LogP contribution in [-0.2, 0) is 6.42 Å². The third-order valence-electron chi connectivity index (χ3n) is 3.52.